The molecule has 0 spiro atoms. The first-order chi connectivity index (χ1) is 11.7. The molecule has 0 aliphatic carbocycles. The van der Waals surface area contributed by atoms with E-state index in [1.165, 1.54) is 10.9 Å². The van der Waals surface area contributed by atoms with Crippen molar-refractivity contribution in [3.05, 3.63) is 71.5 Å². The number of para-hydroxylation sites is 3. The number of thioether (sulfide) groups is 1. The Morgan fingerprint density at radius 3 is 2.25 bits per heavy atom. The maximum Gasteiger partial charge on any atom is 0.0974 e. The highest BCUT2D eigenvalue weighted by molar-refractivity contribution is 7.98. The van der Waals surface area contributed by atoms with E-state index in [0.29, 0.717) is 0 Å². The second-order valence-corrected chi connectivity index (χ2v) is 6.82. The smallest absolute Gasteiger partial charge is 0.0974 e. The highest BCUT2D eigenvalue weighted by Gasteiger charge is 2.08. The van der Waals surface area contributed by atoms with Crippen molar-refractivity contribution in [2.75, 3.05) is 0 Å². The van der Waals surface area contributed by atoms with E-state index in [1.54, 1.807) is 11.8 Å². The van der Waals surface area contributed by atoms with Gasteiger partial charge >= 0.3 is 0 Å². The number of nitrogens with zero attached hydrogens (tertiary/aromatic N) is 3. The van der Waals surface area contributed by atoms with Gasteiger partial charge in [0, 0.05) is 11.1 Å². The molecule has 0 saturated carbocycles. The first-order valence-electron chi connectivity index (χ1n) is 7.92. The second kappa shape index (κ2) is 6.21. The average molecular weight is 331 g/mol. The van der Waals surface area contributed by atoms with Crippen molar-refractivity contribution in [1.29, 1.82) is 0 Å². The zero-order valence-corrected chi connectivity index (χ0v) is 14.5. The number of aromatic nitrogens is 3. The molecular weight excluding hydrogens is 314 g/mol. The molecule has 0 bridgehead atoms. The maximum absolute atomic E-state index is 4.76. The summed E-state index contributed by atoms with van der Waals surface area (Å²) in [6.45, 7) is 4.16. The van der Waals surface area contributed by atoms with E-state index in [4.69, 9.17) is 9.97 Å². The second-order valence-electron chi connectivity index (χ2n) is 5.83. The van der Waals surface area contributed by atoms with Crippen LogP contribution in [0.15, 0.2) is 59.6 Å². The van der Waals surface area contributed by atoms with Crippen molar-refractivity contribution < 1.29 is 0 Å². The van der Waals surface area contributed by atoms with E-state index in [1.807, 2.05) is 37.3 Å². The first kappa shape index (κ1) is 15.1. The Kier molecular flexibility index (Phi) is 3.90. The number of rotatable bonds is 3. The predicted molar refractivity (Wildman–Crippen MR) is 100 cm³/mol. The van der Waals surface area contributed by atoms with Crippen LogP contribution in [-0.4, -0.2) is 15.0 Å². The molecule has 2 aromatic carbocycles. The maximum atomic E-state index is 4.76. The molecule has 0 aliphatic heterocycles. The third-order valence-electron chi connectivity index (χ3n) is 4.10. The van der Waals surface area contributed by atoms with Crippen LogP contribution in [0, 0.1) is 13.8 Å². The van der Waals surface area contributed by atoms with E-state index in [2.05, 4.69) is 36.2 Å². The molecule has 3 nitrogen and oxygen atoms in total. The van der Waals surface area contributed by atoms with Crippen LogP contribution in [0.5, 0.6) is 0 Å². The molecule has 118 valence electrons. The molecule has 0 aliphatic rings. The lowest BCUT2D eigenvalue weighted by Crippen LogP contribution is -1.97. The third kappa shape index (κ3) is 2.85. The van der Waals surface area contributed by atoms with Crippen LogP contribution >= 0.6 is 11.8 Å². The fourth-order valence-electron chi connectivity index (χ4n) is 2.80. The van der Waals surface area contributed by atoms with E-state index in [0.717, 1.165) is 38.7 Å². The van der Waals surface area contributed by atoms with E-state index in [-0.39, 0.29) is 0 Å². The van der Waals surface area contributed by atoms with Gasteiger partial charge in [-0.25, -0.2) is 15.0 Å². The summed E-state index contributed by atoms with van der Waals surface area (Å²) >= 11 is 1.71. The summed E-state index contributed by atoms with van der Waals surface area (Å²) in [5.74, 6) is 0.772. The molecule has 4 heteroatoms. The highest BCUT2D eigenvalue weighted by atomic mass is 32.2. The molecule has 0 radical (unpaired) electrons. The van der Waals surface area contributed by atoms with Crippen molar-refractivity contribution >= 4 is 33.7 Å². The van der Waals surface area contributed by atoms with Crippen LogP contribution in [-0.2, 0) is 5.75 Å². The summed E-state index contributed by atoms with van der Waals surface area (Å²) in [6, 6.07) is 18.4. The Morgan fingerprint density at radius 1 is 0.792 bits per heavy atom. The summed E-state index contributed by atoms with van der Waals surface area (Å²) in [5, 5.41) is 2.24. The minimum atomic E-state index is 0.772. The fraction of sp³-hybridized carbons (Fsp3) is 0.150. The molecule has 0 fully saturated rings. The standard InChI is InChI=1S/C20H17N3S/c1-13-11-20(23-16-8-4-3-7-15(13)16)24-12-19-14(2)21-17-9-5-6-10-18(17)22-19/h3-11H,12H2,1-2H3. The monoisotopic (exact) mass is 331 g/mol. The Labute approximate surface area is 145 Å². The molecule has 0 saturated heterocycles. The third-order valence-corrected chi connectivity index (χ3v) is 5.02. The quantitative estimate of drug-likeness (QED) is 0.490. The van der Waals surface area contributed by atoms with Crippen molar-refractivity contribution in [3.8, 4) is 0 Å². The first-order valence-corrected chi connectivity index (χ1v) is 8.91. The Balaban J connectivity index is 1.64. The molecule has 2 aromatic heterocycles. The normalized spacial score (nSPS) is 11.2. The number of fused-ring (bicyclic) bond motifs is 2. The van der Waals surface area contributed by atoms with E-state index >= 15 is 0 Å². The van der Waals surface area contributed by atoms with Gasteiger partial charge < -0.3 is 0 Å². The number of pyridine rings is 1. The summed E-state index contributed by atoms with van der Waals surface area (Å²) in [7, 11) is 0. The lowest BCUT2D eigenvalue weighted by Gasteiger charge is -2.08. The van der Waals surface area contributed by atoms with E-state index in [9.17, 15) is 0 Å². The number of hydrogen-bond acceptors (Lipinski definition) is 4. The predicted octanol–water partition coefficient (Wildman–Crippen LogP) is 5.09. The lowest BCUT2D eigenvalue weighted by molar-refractivity contribution is 1.08. The van der Waals surface area contributed by atoms with Crippen molar-refractivity contribution in [3.63, 3.8) is 0 Å². The topological polar surface area (TPSA) is 38.7 Å². The van der Waals surface area contributed by atoms with Gasteiger partial charge in [0.15, 0.2) is 0 Å². The van der Waals surface area contributed by atoms with Gasteiger partial charge in [-0.1, -0.05) is 42.1 Å². The molecule has 0 N–H and O–H groups in total. The molecule has 0 atom stereocenters. The van der Waals surface area contributed by atoms with Crippen molar-refractivity contribution in [1.82, 2.24) is 15.0 Å². The summed E-state index contributed by atoms with van der Waals surface area (Å²) < 4.78 is 0. The Morgan fingerprint density at radius 2 is 1.46 bits per heavy atom. The van der Waals surface area contributed by atoms with E-state index < -0.39 is 0 Å². The van der Waals surface area contributed by atoms with Crippen molar-refractivity contribution in [2.45, 2.75) is 24.6 Å². The number of hydrogen-bond donors (Lipinski definition) is 0. The van der Waals surface area contributed by atoms with Crippen LogP contribution in [0.1, 0.15) is 17.0 Å². The van der Waals surface area contributed by atoms with Crippen LogP contribution < -0.4 is 0 Å². The Hall–Kier alpha value is -2.46. The summed E-state index contributed by atoms with van der Waals surface area (Å²) in [5.41, 5.74) is 6.19. The zero-order valence-electron chi connectivity index (χ0n) is 13.7. The minimum Gasteiger partial charge on any atom is -0.250 e. The largest absolute Gasteiger partial charge is 0.250 e. The van der Waals surface area contributed by atoms with Crippen LogP contribution in [0.25, 0.3) is 21.9 Å². The molecule has 4 aromatic rings. The van der Waals surface area contributed by atoms with Gasteiger partial charge in [0.25, 0.3) is 0 Å². The van der Waals surface area contributed by atoms with Gasteiger partial charge in [-0.15, -0.1) is 0 Å². The molecule has 24 heavy (non-hydrogen) atoms. The van der Waals surface area contributed by atoms with Gasteiger partial charge in [-0.2, -0.15) is 0 Å². The van der Waals surface area contributed by atoms with Crippen molar-refractivity contribution in [2.24, 2.45) is 0 Å². The fourth-order valence-corrected chi connectivity index (χ4v) is 3.78. The minimum absolute atomic E-state index is 0.772. The molecule has 2 heterocycles. The van der Waals surface area contributed by atoms with Crippen LogP contribution in [0.4, 0.5) is 0 Å². The van der Waals surface area contributed by atoms with Gasteiger partial charge in [-0.05, 0) is 43.7 Å². The summed E-state index contributed by atoms with van der Waals surface area (Å²) in [4.78, 5) is 14.2. The van der Waals surface area contributed by atoms with Gasteiger partial charge in [0.2, 0.25) is 0 Å². The molecular formula is C20H17N3S. The number of aryl methyl sites for hydroxylation is 2. The van der Waals surface area contributed by atoms with Gasteiger partial charge in [0.1, 0.15) is 0 Å². The zero-order chi connectivity index (χ0) is 16.5. The van der Waals surface area contributed by atoms with Gasteiger partial charge in [-0.3, -0.25) is 0 Å². The van der Waals surface area contributed by atoms with Gasteiger partial charge in [0.05, 0.1) is 33.0 Å². The Bertz CT molecular complexity index is 1040. The molecule has 0 amide bonds. The molecule has 0 unspecified atom stereocenters. The molecule has 4 rings (SSSR count). The van der Waals surface area contributed by atoms with Crippen LogP contribution in [0.3, 0.4) is 0 Å². The van der Waals surface area contributed by atoms with Crippen LogP contribution in [0.2, 0.25) is 0 Å². The highest BCUT2D eigenvalue weighted by Crippen LogP contribution is 2.26. The SMILES string of the molecule is Cc1nc2ccccc2nc1CSc1cc(C)c2ccccc2n1. The number of benzene rings is 2. The average Bonchev–Trinajstić information content (AvgIpc) is 2.60. The lowest BCUT2D eigenvalue weighted by atomic mass is 10.1. The summed E-state index contributed by atoms with van der Waals surface area (Å²) in [6.07, 6.45) is 0.